The maximum atomic E-state index is 12.6. The molecule has 122 valence electrons. The van der Waals surface area contributed by atoms with Gasteiger partial charge < -0.3 is 0 Å². The topological polar surface area (TPSA) is 49.4 Å². The fraction of sp³-hybridized carbons (Fsp3) is 0.647. The van der Waals surface area contributed by atoms with Crippen molar-refractivity contribution in [2.45, 2.75) is 61.9 Å². The summed E-state index contributed by atoms with van der Waals surface area (Å²) in [7, 11) is -3.41. The first-order valence-corrected chi connectivity index (χ1v) is 9.96. The summed E-state index contributed by atoms with van der Waals surface area (Å²) >= 11 is 0. The molecular weight excluding hydrogens is 296 g/mol. The lowest BCUT2D eigenvalue weighted by Crippen LogP contribution is -2.54. The highest BCUT2D eigenvalue weighted by atomic mass is 32.2. The lowest BCUT2D eigenvalue weighted by Gasteiger charge is -2.41. The molecule has 1 aromatic rings. The average molecular weight is 322 g/mol. The molecule has 0 aromatic heterocycles. The fourth-order valence-electron chi connectivity index (χ4n) is 3.80. The van der Waals surface area contributed by atoms with Gasteiger partial charge in [-0.15, -0.1) is 0 Å². The number of benzene rings is 1. The van der Waals surface area contributed by atoms with E-state index in [1.54, 1.807) is 24.3 Å². The van der Waals surface area contributed by atoms with E-state index in [0.717, 1.165) is 32.4 Å². The van der Waals surface area contributed by atoms with E-state index in [4.69, 9.17) is 0 Å². The third kappa shape index (κ3) is 3.70. The minimum Gasteiger partial charge on any atom is -0.299 e. The molecule has 0 spiro atoms. The van der Waals surface area contributed by atoms with Crippen LogP contribution in [0.25, 0.3) is 0 Å². The first kappa shape index (κ1) is 16.0. The van der Waals surface area contributed by atoms with Crippen molar-refractivity contribution in [3.63, 3.8) is 0 Å². The van der Waals surface area contributed by atoms with Crippen LogP contribution >= 0.6 is 0 Å². The molecule has 0 amide bonds. The van der Waals surface area contributed by atoms with E-state index in [-0.39, 0.29) is 6.04 Å². The van der Waals surface area contributed by atoms with Crippen LogP contribution in [0.4, 0.5) is 0 Å². The second kappa shape index (κ2) is 7.11. The zero-order chi connectivity index (χ0) is 15.4. The number of nitrogens with zero attached hydrogens (tertiary/aromatic N) is 1. The van der Waals surface area contributed by atoms with E-state index in [2.05, 4.69) is 9.62 Å². The zero-order valence-corrected chi connectivity index (χ0v) is 13.9. The van der Waals surface area contributed by atoms with Gasteiger partial charge in [0, 0.05) is 12.1 Å². The first-order valence-electron chi connectivity index (χ1n) is 8.48. The van der Waals surface area contributed by atoms with Crippen molar-refractivity contribution in [1.82, 2.24) is 9.62 Å². The molecule has 1 aliphatic carbocycles. The summed E-state index contributed by atoms with van der Waals surface area (Å²) < 4.78 is 28.2. The second-order valence-electron chi connectivity index (χ2n) is 6.49. The molecule has 0 unspecified atom stereocenters. The van der Waals surface area contributed by atoms with Crippen LogP contribution in [0.3, 0.4) is 0 Å². The summed E-state index contributed by atoms with van der Waals surface area (Å²) in [5, 5.41) is 0. The quantitative estimate of drug-likeness (QED) is 0.927. The molecule has 2 fully saturated rings. The van der Waals surface area contributed by atoms with Gasteiger partial charge in [-0.2, -0.15) is 0 Å². The lowest BCUT2D eigenvalue weighted by molar-refractivity contribution is 0.109. The second-order valence-corrected chi connectivity index (χ2v) is 8.20. The Morgan fingerprint density at radius 3 is 2.32 bits per heavy atom. The summed E-state index contributed by atoms with van der Waals surface area (Å²) in [6.45, 7) is 2.24. The van der Waals surface area contributed by atoms with Gasteiger partial charge in [0.25, 0.3) is 0 Å². The average Bonchev–Trinajstić information content (AvgIpc) is 2.57. The molecule has 1 N–H and O–H groups in total. The molecule has 1 aliphatic heterocycles. The number of rotatable bonds is 4. The summed E-state index contributed by atoms with van der Waals surface area (Å²) in [6.07, 6.45) is 8.19. The number of likely N-dealkylation sites (tertiary alicyclic amines) is 1. The van der Waals surface area contributed by atoms with Crippen LogP contribution in [0.5, 0.6) is 0 Å². The number of hydrogen-bond acceptors (Lipinski definition) is 3. The first-order chi connectivity index (χ1) is 10.7. The predicted octanol–water partition coefficient (Wildman–Crippen LogP) is 2.76. The van der Waals surface area contributed by atoms with Gasteiger partial charge in [0.15, 0.2) is 0 Å². The predicted molar refractivity (Wildman–Crippen MR) is 88.2 cm³/mol. The normalized spacial score (nSPS) is 27.6. The standard InChI is InChI=1S/C17H26N2O2S/c20-22(21,15-9-3-1-4-10-15)18-16-11-5-6-12-17(16)19-13-7-2-8-14-19/h1,3-4,9-10,16-18H,2,5-8,11-14H2/t16-,17+/m1/s1. The van der Waals surface area contributed by atoms with E-state index in [1.807, 2.05) is 6.07 Å². The highest BCUT2D eigenvalue weighted by Crippen LogP contribution is 2.27. The number of hydrogen-bond donors (Lipinski definition) is 1. The van der Waals surface area contributed by atoms with Crippen molar-refractivity contribution in [1.29, 1.82) is 0 Å². The summed E-state index contributed by atoms with van der Waals surface area (Å²) in [5.41, 5.74) is 0. The SMILES string of the molecule is O=S(=O)(N[C@@H]1CCCC[C@@H]1N1CCCCC1)c1ccccc1. The van der Waals surface area contributed by atoms with Gasteiger partial charge in [-0.3, -0.25) is 4.90 Å². The molecule has 0 bridgehead atoms. The van der Waals surface area contributed by atoms with Gasteiger partial charge in [0.05, 0.1) is 4.90 Å². The maximum absolute atomic E-state index is 12.6. The maximum Gasteiger partial charge on any atom is 0.240 e. The molecule has 22 heavy (non-hydrogen) atoms. The molecule has 1 aromatic carbocycles. The van der Waals surface area contributed by atoms with Gasteiger partial charge in [-0.1, -0.05) is 37.5 Å². The van der Waals surface area contributed by atoms with Crippen molar-refractivity contribution in [3.8, 4) is 0 Å². The number of piperidine rings is 1. The van der Waals surface area contributed by atoms with Gasteiger partial charge in [0.1, 0.15) is 0 Å². The van der Waals surface area contributed by atoms with Gasteiger partial charge >= 0.3 is 0 Å². The smallest absolute Gasteiger partial charge is 0.240 e. The third-order valence-corrected chi connectivity index (χ3v) is 6.46. The van der Waals surface area contributed by atoms with E-state index in [9.17, 15) is 8.42 Å². The Bertz CT molecular complexity index is 568. The highest BCUT2D eigenvalue weighted by molar-refractivity contribution is 7.89. The molecular formula is C17H26N2O2S. The van der Waals surface area contributed by atoms with E-state index in [1.165, 1.54) is 25.7 Å². The van der Waals surface area contributed by atoms with Crippen LogP contribution < -0.4 is 4.72 Å². The van der Waals surface area contributed by atoms with Crippen molar-refractivity contribution in [2.75, 3.05) is 13.1 Å². The van der Waals surface area contributed by atoms with E-state index in [0.29, 0.717) is 10.9 Å². The minimum atomic E-state index is -3.41. The summed E-state index contributed by atoms with van der Waals surface area (Å²) in [6, 6.07) is 9.15. The zero-order valence-electron chi connectivity index (χ0n) is 13.1. The number of sulfonamides is 1. The van der Waals surface area contributed by atoms with Crippen molar-refractivity contribution >= 4 is 10.0 Å². The van der Waals surface area contributed by atoms with Gasteiger partial charge in [-0.25, -0.2) is 13.1 Å². The van der Waals surface area contributed by atoms with Crippen molar-refractivity contribution < 1.29 is 8.42 Å². The van der Waals surface area contributed by atoms with Crippen LogP contribution in [0.2, 0.25) is 0 Å². The molecule has 4 nitrogen and oxygen atoms in total. The minimum absolute atomic E-state index is 0.0528. The third-order valence-electron chi connectivity index (χ3n) is 4.95. The van der Waals surface area contributed by atoms with Crippen LogP contribution in [0.1, 0.15) is 44.9 Å². The summed E-state index contributed by atoms with van der Waals surface area (Å²) in [5.74, 6) is 0. The Morgan fingerprint density at radius 1 is 0.909 bits per heavy atom. The largest absolute Gasteiger partial charge is 0.299 e. The van der Waals surface area contributed by atoms with Crippen LogP contribution in [-0.4, -0.2) is 38.5 Å². The molecule has 5 heteroatoms. The van der Waals surface area contributed by atoms with E-state index < -0.39 is 10.0 Å². The molecule has 1 saturated carbocycles. The molecule has 2 aliphatic rings. The Morgan fingerprint density at radius 2 is 1.59 bits per heavy atom. The Hall–Kier alpha value is -0.910. The highest BCUT2D eigenvalue weighted by Gasteiger charge is 2.33. The molecule has 0 radical (unpaired) electrons. The molecule has 2 atom stereocenters. The van der Waals surface area contributed by atoms with E-state index >= 15 is 0 Å². The Kier molecular flexibility index (Phi) is 5.16. The number of nitrogens with one attached hydrogen (secondary N) is 1. The van der Waals surface area contributed by atoms with Crippen LogP contribution in [0.15, 0.2) is 35.2 Å². The van der Waals surface area contributed by atoms with Crippen molar-refractivity contribution in [2.24, 2.45) is 0 Å². The van der Waals surface area contributed by atoms with Crippen LogP contribution in [0, 0.1) is 0 Å². The van der Waals surface area contributed by atoms with Crippen molar-refractivity contribution in [3.05, 3.63) is 30.3 Å². The molecule has 1 saturated heterocycles. The molecule has 3 rings (SSSR count). The fourth-order valence-corrected chi connectivity index (χ4v) is 5.13. The van der Waals surface area contributed by atoms with Crippen LogP contribution in [-0.2, 0) is 10.0 Å². The van der Waals surface area contributed by atoms with Gasteiger partial charge in [0.2, 0.25) is 10.0 Å². The van der Waals surface area contributed by atoms with Gasteiger partial charge in [-0.05, 0) is 50.9 Å². The molecule has 1 heterocycles. The monoisotopic (exact) mass is 322 g/mol. The summed E-state index contributed by atoms with van der Waals surface area (Å²) in [4.78, 5) is 2.89. The Labute approximate surface area is 134 Å². The Balaban J connectivity index is 1.73. The lowest BCUT2D eigenvalue weighted by atomic mass is 9.89.